The van der Waals surface area contributed by atoms with Gasteiger partial charge in [-0.1, -0.05) is 0 Å². The van der Waals surface area contributed by atoms with Gasteiger partial charge in [-0.2, -0.15) is 0 Å². The van der Waals surface area contributed by atoms with Crippen molar-refractivity contribution < 1.29 is 37.9 Å². The molecular formula is C17H28O8. The fourth-order valence-corrected chi connectivity index (χ4v) is 4.04. The Kier molecular flexibility index (Phi) is 4.41. The molecule has 0 bridgehead atoms. The van der Waals surface area contributed by atoms with E-state index in [2.05, 4.69) is 0 Å². The van der Waals surface area contributed by atoms with E-state index in [9.17, 15) is 0 Å². The molecule has 4 fully saturated rings. The Morgan fingerprint density at radius 2 is 1.64 bits per heavy atom. The summed E-state index contributed by atoms with van der Waals surface area (Å²) in [4.78, 5) is 0. The highest BCUT2D eigenvalue weighted by Gasteiger charge is 2.65. The fraction of sp³-hybridized carbons (Fsp3) is 1.00. The first kappa shape index (κ1) is 18.1. The average Bonchev–Trinajstić information content (AvgIpc) is 2.97. The molecule has 25 heavy (non-hydrogen) atoms. The molecule has 8 heteroatoms. The van der Waals surface area contributed by atoms with Crippen LogP contribution in [0.15, 0.2) is 0 Å². The molecule has 0 saturated carbocycles. The van der Waals surface area contributed by atoms with Gasteiger partial charge in [0.2, 0.25) is 0 Å². The van der Waals surface area contributed by atoms with Crippen LogP contribution in [0.2, 0.25) is 0 Å². The molecule has 0 aliphatic carbocycles. The minimum absolute atomic E-state index is 0.292. The molecule has 8 nitrogen and oxygen atoms in total. The van der Waals surface area contributed by atoms with E-state index in [1.165, 1.54) is 0 Å². The molecule has 4 saturated heterocycles. The minimum atomic E-state index is -0.924. The maximum absolute atomic E-state index is 6.26. The Balaban J connectivity index is 1.51. The lowest BCUT2D eigenvalue weighted by Crippen LogP contribution is -2.62. The summed E-state index contributed by atoms with van der Waals surface area (Å²) in [5.74, 6) is -2.40. The van der Waals surface area contributed by atoms with Crippen molar-refractivity contribution in [2.24, 2.45) is 0 Å². The Morgan fingerprint density at radius 3 is 2.36 bits per heavy atom. The molecule has 0 aromatic rings. The number of rotatable bonds is 3. The summed E-state index contributed by atoms with van der Waals surface area (Å²) in [6, 6.07) is 0. The molecule has 6 atom stereocenters. The van der Waals surface area contributed by atoms with Crippen LogP contribution in [0.1, 0.15) is 34.6 Å². The van der Waals surface area contributed by atoms with E-state index in [1.54, 1.807) is 0 Å². The fourth-order valence-electron chi connectivity index (χ4n) is 4.04. The van der Waals surface area contributed by atoms with Crippen LogP contribution in [0.25, 0.3) is 0 Å². The first-order valence-electron chi connectivity index (χ1n) is 8.90. The molecule has 0 aromatic heterocycles. The third kappa shape index (κ3) is 3.46. The van der Waals surface area contributed by atoms with Gasteiger partial charge in [0.25, 0.3) is 0 Å². The molecule has 4 rings (SSSR count). The van der Waals surface area contributed by atoms with Gasteiger partial charge in [-0.3, -0.25) is 0 Å². The van der Waals surface area contributed by atoms with Crippen LogP contribution in [0.5, 0.6) is 0 Å². The topological polar surface area (TPSA) is 73.8 Å². The predicted octanol–water partition coefficient (Wildman–Crippen LogP) is 1.16. The Morgan fingerprint density at radius 1 is 0.880 bits per heavy atom. The average molecular weight is 360 g/mol. The van der Waals surface area contributed by atoms with E-state index in [0.717, 1.165) is 0 Å². The summed E-state index contributed by atoms with van der Waals surface area (Å²) >= 11 is 0. The molecule has 4 aliphatic rings. The first-order valence-corrected chi connectivity index (χ1v) is 8.90. The number of fused-ring (bicyclic) bond motifs is 3. The lowest BCUT2D eigenvalue weighted by atomic mass is 9.94. The summed E-state index contributed by atoms with van der Waals surface area (Å²) in [6.07, 6.45) is -1.74. The number of hydrogen-bond acceptors (Lipinski definition) is 8. The highest BCUT2D eigenvalue weighted by Crippen LogP contribution is 2.49. The zero-order valence-corrected chi connectivity index (χ0v) is 15.5. The quantitative estimate of drug-likeness (QED) is 0.742. The van der Waals surface area contributed by atoms with E-state index in [4.69, 9.17) is 37.9 Å². The zero-order chi connectivity index (χ0) is 17.9. The minimum Gasteiger partial charge on any atom is -0.374 e. The van der Waals surface area contributed by atoms with E-state index in [1.807, 2.05) is 34.6 Å². The zero-order valence-electron chi connectivity index (χ0n) is 15.5. The van der Waals surface area contributed by atoms with Crippen LogP contribution in [0, 0.1) is 0 Å². The number of ether oxygens (including phenoxy) is 8. The van der Waals surface area contributed by atoms with Crippen LogP contribution in [-0.4, -0.2) is 74.5 Å². The van der Waals surface area contributed by atoms with E-state index >= 15 is 0 Å². The van der Waals surface area contributed by atoms with Crippen molar-refractivity contribution in [1.82, 2.24) is 0 Å². The highest BCUT2D eigenvalue weighted by atomic mass is 16.9. The lowest BCUT2D eigenvalue weighted by molar-refractivity contribution is -0.313. The van der Waals surface area contributed by atoms with Gasteiger partial charge in [0.15, 0.2) is 23.7 Å². The Bertz CT molecular complexity index is 503. The maximum atomic E-state index is 6.26. The highest BCUT2D eigenvalue weighted by molar-refractivity contribution is 5.04. The molecule has 0 radical (unpaired) electrons. The van der Waals surface area contributed by atoms with Crippen LogP contribution in [0.3, 0.4) is 0 Å². The SMILES string of the molecule is CC1(C)O[C@@H]2[C@H](O1)[C@H]1OC(C)(C)O[C@@]1(C)O[C@@H]2COC1COCCO1. The van der Waals surface area contributed by atoms with E-state index in [0.29, 0.717) is 26.4 Å². The number of hydrogen-bond donors (Lipinski definition) is 0. The van der Waals surface area contributed by atoms with Crippen LogP contribution < -0.4 is 0 Å². The van der Waals surface area contributed by atoms with Crippen molar-refractivity contribution in [3.63, 3.8) is 0 Å². The molecule has 0 amide bonds. The van der Waals surface area contributed by atoms with E-state index < -0.39 is 23.7 Å². The second-order valence-corrected chi connectivity index (χ2v) is 7.99. The van der Waals surface area contributed by atoms with Gasteiger partial charge in [-0.15, -0.1) is 0 Å². The molecule has 4 heterocycles. The first-order chi connectivity index (χ1) is 11.7. The van der Waals surface area contributed by atoms with Crippen molar-refractivity contribution in [3.8, 4) is 0 Å². The van der Waals surface area contributed by atoms with Crippen LogP contribution in [0.4, 0.5) is 0 Å². The van der Waals surface area contributed by atoms with Crippen molar-refractivity contribution in [2.45, 2.75) is 82.7 Å². The van der Waals surface area contributed by atoms with Crippen molar-refractivity contribution in [3.05, 3.63) is 0 Å². The van der Waals surface area contributed by atoms with Crippen molar-refractivity contribution in [2.75, 3.05) is 26.4 Å². The van der Waals surface area contributed by atoms with Gasteiger partial charge in [0, 0.05) is 0 Å². The summed E-state index contributed by atoms with van der Waals surface area (Å²) in [5.41, 5.74) is 0. The largest absolute Gasteiger partial charge is 0.374 e. The standard InChI is InChI=1S/C17H28O8/c1-15(2)22-12-10(8-20-11-9-18-6-7-19-11)21-17(5)14(13(12)23-15)24-16(3,4)25-17/h10-14H,6-9H2,1-5H3/t10-,11?,12+,13+,14-,17-/m1/s1. The second-order valence-electron chi connectivity index (χ2n) is 7.99. The molecule has 144 valence electrons. The normalized spacial score (nSPS) is 48.1. The Labute approximate surface area is 147 Å². The molecular weight excluding hydrogens is 332 g/mol. The monoisotopic (exact) mass is 360 g/mol. The third-order valence-electron chi connectivity index (χ3n) is 4.82. The molecule has 0 aromatic carbocycles. The van der Waals surface area contributed by atoms with Gasteiger partial charge >= 0.3 is 0 Å². The maximum Gasteiger partial charge on any atom is 0.198 e. The van der Waals surface area contributed by atoms with Crippen LogP contribution in [-0.2, 0) is 37.9 Å². The summed E-state index contributed by atoms with van der Waals surface area (Å²) in [6.45, 7) is 11.2. The molecule has 0 N–H and O–H groups in total. The van der Waals surface area contributed by atoms with Crippen molar-refractivity contribution >= 4 is 0 Å². The lowest BCUT2D eigenvalue weighted by Gasteiger charge is -2.43. The predicted molar refractivity (Wildman–Crippen MR) is 83.7 cm³/mol. The molecule has 1 unspecified atom stereocenters. The van der Waals surface area contributed by atoms with Crippen molar-refractivity contribution in [1.29, 1.82) is 0 Å². The smallest absolute Gasteiger partial charge is 0.198 e. The third-order valence-corrected chi connectivity index (χ3v) is 4.82. The van der Waals surface area contributed by atoms with E-state index in [-0.39, 0.29) is 24.4 Å². The molecule has 4 aliphatic heterocycles. The summed E-state index contributed by atoms with van der Waals surface area (Å²) in [7, 11) is 0. The Hall–Kier alpha value is -0.320. The second kappa shape index (κ2) is 6.10. The van der Waals surface area contributed by atoms with Gasteiger partial charge in [-0.05, 0) is 34.6 Å². The van der Waals surface area contributed by atoms with Gasteiger partial charge < -0.3 is 37.9 Å². The summed E-state index contributed by atoms with van der Waals surface area (Å²) < 4.78 is 47.3. The summed E-state index contributed by atoms with van der Waals surface area (Å²) in [5, 5.41) is 0. The van der Waals surface area contributed by atoms with Crippen LogP contribution >= 0.6 is 0 Å². The van der Waals surface area contributed by atoms with Gasteiger partial charge in [-0.25, -0.2) is 0 Å². The molecule has 0 spiro atoms. The van der Waals surface area contributed by atoms with Gasteiger partial charge in [0.1, 0.15) is 24.4 Å². The van der Waals surface area contributed by atoms with Gasteiger partial charge in [0.05, 0.1) is 26.4 Å².